The van der Waals surface area contributed by atoms with E-state index >= 15 is 0 Å². The molecule has 0 heterocycles. The molecule has 2 saturated carbocycles. The molecule has 0 unspecified atom stereocenters. The third-order valence-electron chi connectivity index (χ3n) is 6.77. The third kappa shape index (κ3) is 5.77. The van der Waals surface area contributed by atoms with E-state index in [0.717, 1.165) is 44.8 Å². The highest BCUT2D eigenvalue weighted by Gasteiger charge is 2.36. The topological polar surface area (TPSA) is 113 Å². The van der Waals surface area contributed by atoms with Crippen molar-refractivity contribution in [1.29, 1.82) is 0 Å². The number of nitrogens with one attached hydrogen (secondary N) is 1. The number of rotatable bonds is 7. The van der Waals surface area contributed by atoms with Crippen LogP contribution >= 0.6 is 0 Å². The van der Waals surface area contributed by atoms with Crippen molar-refractivity contribution in [3.63, 3.8) is 0 Å². The van der Waals surface area contributed by atoms with E-state index in [2.05, 4.69) is 4.72 Å². The lowest BCUT2D eigenvalue weighted by Crippen LogP contribution is -2.52. The van der Waals surface area contributed by atoms with Crippen molar-refractivity contribution >= 4 is 33.2 Å². The maximum Gasteiger partial charge on any atom is 0.239 e. The predicted molar refractivity (Wildman–Crippen MR) is 122 cm³/mol. The van der Waals surface area contributed by atoms with E-state index in [0.29, 0.717) is 17.4 Å². The van der Waals surface area contributed by atoms with E-state index in [1.165, 1.54) is 6.42 Å². The first-order chi connectivity index (χ1) is 14.6. The van der Waals surface area contributed by atoms with Crippen LogP contribution < -0.4 is 15.4 Å². The highest BCUT2D eigenvalue weighted by molar-refractivity contribution is 7.92. The molecule has 0 spiro atoms. The minimum atomic E-state index is -3.34. The number of carbonyl (C=O) groups is 2. The SMILES string of the molecule is CN(C(=O)C1CCC([C@H](N)C(=O)N(C)C2CCC2)CC1)c1ccc(NS(C)(=O)=O)cc1. The molecule has 2 amide bonds. The Balaban J connectivity index is 1.52. The van der Waals surface area contributed by atoms with Crippen LogP contribution in [-0.4, -0.2) is 57.6 Å². The zero-order chi connectivity index (χ0) is 22.8. The van der Waals surface area contributed by atoms with Gasteiger partial charge in [0.2, 0.25) is 21.8 Å². The zero-order valence-electron chi connectivity index (χ0n) is 18.6. The van der Waals surface area contributed by atoms with E-state index in [9.17, 15) is 18.0 Å². The molecule has 0 bridgehead atoms. The molecule has 1 atom stereocenters. The molecule has 2 aliphatic rings. The molecule has 0 saturated heterocycles. The highest BCUT2D eigenvalue weighted by atomic mass is 32.2. The molecule has 31 heavy (non-hydrogen) atoms. The molecule has 3 N–H and O–H groups in total. The predicted octanol–water partition coefficient (Wildman–Crippen LogP) is 2.17. The van der Waals surface area contributed by atoms with Crippen LogP contribution in [0.1, 0.15) is 44.9 Å². The van der Waals surface area contributed by atoms with Crippen LogP contribution in [0, 0.1) is 11.8 Å². The summed E-state index contributed by atoms with van der Waals surface area (Å²) in [6.45, 7) is 0. The van der Waals surface area contributed by atoms with Crippen LogP contribution in [0.15, 0.2) is 24.3 Å². The lowest BCUT2D eigenvalue weighted by Gasteiger charge is -2.39. The molecular weight excluding hydrogens is 416 g/mol. The minimum Gasteiger partial charge on any atom is -0.341 e. The number of amides is 2. The zero-order valence-corrected chi connectivity index (χ0v) is 19.4. The molecule has 172 valence electrons. The van der Waals surface area contributed by atoms with Gasteiger partial charge in [0.15, 0.2) is 0 Å². The summed E-state index contributed by atoms with van der Waals surface area (Å²) in [7, 11) is 0.248. The van der Waals surface area contributed by atoms with Gasteiger partial charge in [-0.25, -0.2) is 8.42 Å². The highest BCUT2D eigenvalue weighted by Crippen LogP contribution is 2.33. The summed E-state index contributed by atoms with van der Waals surface area (Å²) >= 11 is 0. The first kappa shape index (κ1) is 23.5. The van der Waals surface area contributed by atoms with Gasteiger partial charge in [-0.2, -0.15) is 0 Å². The second kappa shape index (κ2) is 9.56. The summed E-state index contributed by atoms with van der Waals surface area (Å²) in [6, 6.07) is 6.57. The Morgan fingerprint density at radius 2 is 1.61 bits per heavy atom. The standard InChI is InChI=1S/C22H34N4O4S/c1-25(19-13-11-17(12-14-19)24-31(3,29)30)21(27)16-9-7-15(8-10-16)20(23)22(28)26(2)18-5-4-6-18/h11-16,18,20,24H,4-10,23H2,1-3H3/t15?,16?,20-/m0/s1. The molecule has 0 radical (unpaired) electrons. The van der Waals surface area contributed by atoms with Crippen molar-refractivity contribution in [1.82, 2.24) is 4.90 Å². The maximum absolute atomic E-state index is 13.0. The number of hydrogen-bond acceptors (Lipinski definition) is 5. The first-order valence-corrected chi connectivity index (χ1v) is 12.8. The number of carbonyl (C=O) groups excluding carboxylic acids is 2. The van der Waals surface area contributed by atoms with Gasteiger partial charge in [-0.1, -0.05) is 0 Å². The van der Waals surface area contributed by atoms with Gasteiger partial charge in [-0.3, -0.25) is 14.3 Å². The number of anilines is 2. The smallest absolute Gasteiger partial charge is 0.239 e. The Kier molecular flexibility index (Phi) is 7.26. The van der Waals surface area contributed by atoms with Crippen LogP contribution in [0.4, 0.5) is 11.4 Å². The number of hydrogen-bond donors (Lipinski definition) is 2. The second-order valence-electron chi connectivity index (χ2n) is 8.99. The van der Waals surface area contributed by atoms with Gasteiger partial charge >= 0.3 is 0 Å². The van der Waals surface area contributed by atoms with Crippen molar-refractivity contribution in [3.8, 4) is 0 Å². The van der Waals surface area contributed by atoms with E-state index in [1.54, 1.807) is 36.2 Å². The number of benzene rings is 1. The lowest BCUT2D eigenvalue weighted by molar-refractivity contribution is -0.136. The van der Waals surface area contributed by atoms with Crippen LogP contribution in [0.2, 0.25) is 0 Å². The number of nitrogens with two attached hydrogens (primary N) is 1. The summed E-state index contributed by atoms with van der Waals surface area (Å²) < 4.78 is 25.1. The van der Waals surface area contributed by atoms with Gasteiger partial charge in [-0.05, 0) is 75.1 Å². The Labute approximate surface area is 185 Å². The van der Waals surface area contributed by atoms with Gasteiger partial charge in [0.05, 0.1) is 12.3 Å². The van der Waals surface area contributed by atoms with E-state index in [-0.39, 0.29) is 23.7 Å². The quantitative estimate of drug-likeness (QED) is 0.661. The van der Waals surface area contributed by atoms with Crippen molar-refractivity contribution in [3.05, 3.63) is 24.3 Å². The molecule has 2 aliphatic carbocycles. The van der Waals surface area contributed by atoms with Gasteiger partial charge in [-0.15, -0.1) is 0 Å². The first-order valence-electron chi connectivity index (χ1n) is 10.9. The summed E-state index contributed by atoms with van der Waals surface area (Å²) in [4.78, 5) is 29.1. The Morgan fingerprint density at radius 1 is 1.03 bits per heavy atom. The van der Waals surface area contributed by atoms with Crippen molar-refractivity contribution in [2.24, 2.45) is 17.6 Å². The summed E-state index contributed by atoms with van der Waals surface area (Å²) in [5.74, 6) is 0.0839. The monoisotopic (exact) mass is 450 g/mol. The molecule has 2 fully saturated rings. The fourth-order valence-corrected chi connectivity index (χ4v) is 5.05. The van der Waals surface area contributed by atoms with Crippen LogP contribution in [0.25, 0.3) is 0 Å². The van der Waals surface area contributed by atoms with E-state index in [1.807, 2.05) is 11.9 Å². The van der Waals surface area contributed by atoms with Crippen LogP contribution in [0.3, 0.4) is 0 Å². The van der Waals surface area contributed by atoms with Gasteiger partial charge in [0, 0.05) is 37.4 Å². The Hall–Kier alpha value is -2.13. The fourth-order valence-electron chi connectivity index (χ4n) is 4.48. The molecular formula is C22H34N4O4S. The largest absolute Gasteiger partial charge is 0.341 e. The van der Waals surface area contributed by atoms with Gasteiger partial charge < -0.3 is 15.5 Å². The van der Waals surface area contributed by atoms with Crippen molar-refractivity contribution < 1.29 is 18.0 Å². The molecule has 0 aromatic heterocycles. The summed E-state index contributed by atoms with van der Waals surface area (Å²) in [5, 5.41) is 0. The maximum atomic E-state index is 13.0. The molecule has 1 aromatic carbocycles. The van der Waals surface area contributed by atoms with Gasteiger partial charge in [0.25, 0.3) is 0 Å². The summed E-state index contributed by atoms with van der Waals surface area (Å²) in [6.07, 6.45) is 7.37. The second-order valence-corrected chi connectivity index (χ2v) is 10.7. The average Bonchev–Trinajstić information content (AvgIpc) is 2.70. The summed E-state index contributed by atoms with van der Waals surface area (Å²) in [5.41, 5.74) is 7.47. The molecule has 0 aliphatic heterocycles. The fraction of sp³-hybridized carbons (Fsp3) is 0.636. The van der Waals surface area contributed by atoms with E-state index < -0.39 is 16.1 Å². The molecule has 3 rings (SSSR count). The lowest BCUT2D eigenvalue weighted by atomic mass is 9.77. The minimum absolute atomic E-state index is 0.0272. The van der Waals surface area contributed by atoms with Gasteiger partial charge in [0.1, 0.15) is 0 Å². The Morgan fingerprint density at radius 3 is 2.10 bits per heavy atom. The average molecular weight is 451 g/mol. The third-order valence-corrected chi connectivity index (χ3v) is 7.38. The normalized spacial score (nSPS) is 22.8. The van der Waals surface area contributed by atoms with Crippen LogP contribution in [0.5, 0.6) is 0 Å². The van der Waals surface area contributed by atoms with Crippen LogP contribution in [-0.2, 0) is 19.6 Å². The number of likely N-dealkylation sites (N-methyl/N-ethyl adjacent to an activating group) is 1. The number of sulfonamides is 1. The number of nitrogens with zero attached hydrogens (tertiary/aromatic N) is 2. The Bertz CT molecular complexity index is 891. The van der Waals surface area contributed by atoms with Crippen molar-refractivity contribution in [2.45, 2.75) is 57.0 Å². The molecule has 9 heteroatoms. The molecule has 1 aromatic rings. The molecule has 8 nitrogen and oxygen atoms in total. The van der Waals surface area contributed by atoms with Crippen molar-refractivity contribution in [2.75, 3.05) is 30.0 Å². The van der Waals surface area contributed by atoms with E-state index in [4.69, 9.17) is 5.73 Å².